The van der Waals surface area contributed by atoms with Gasteiger partial charge >= 0.3 is 7.82 Å². The minimum absolute atomic E-state index is 0.262. The maximum absolute atomic E-state index is 10.1. The summed E-state index contributed by atoms with van der Waals surface area (Å²) >= 11 is 4.59. The monoisotopic (exact) mass is 200 g/mol. The molecule has 0 aliphatic rings. The summed E-state index contributed by atoms with van der Waals surface area (Å²) < 4.78 is 14.1. The minimum Gasteiger partial charge on any atom is -0.366 e. The lowest BCUT2D eigenvalue weighted by Gasteiger charge is -2.07. The van der Waals surface area contributed by atoms with Crippen molar-refractivity contribution in [2.75, 3.05) is 13.8 Å². The third-order valence-electron chi connectivity index (χ3n) is 0.693. The molecule has 0 atom stereocenters. The molecule has 4 N–H and O–H groups in total. The van der Waals surface area contributed by atoms with Crippen LogP contribution in [0.15, 0.2) is 0 Å². The van der Waals surface area contributed by atoms with Crippen molar-refractivity contribution in [1.82, 2.24) is 10.6 Å². The van der Waals surface area contributed by atoms with E-state index in [1.54, 1.807) is 7.05 Å². The Kier molecular flexibility index (Phi) is 4.55. The number of hydrogen-bond acceptors (Lipinski definition) is 3. The van der Waals surface area contributed by atoms with Gasteiger partial charge in [-0.2, -0.15) is 0 Å². The SMILES string of the molecule is CNC(=S)NCOP(=O)(O)O. The second-order valence-electron chi connectivity index (χ2n) is 1.52. The second kappa shape index (κ2) is 4.63. The van der Waals surface area contributed by atoms with Crippen LogP contribution in [0.4, 0.5) is 0 Å². The number of phosphoric ester groups is 1. The molecular formula is C3H9N2O4PS. The Morgan fingerprint density at radius 1 is 1.73 bits per heavy atom. The molecule has 11 heavy (non-hydrogen) atoms. The number of hydrogen-bond donors (Lipinski definition) is 4. The lowest BCUT2D eigenvalue weighted by atomic mass is 11.0. The van der Waals surface area contributed by atoms with Crippen LogP contribution in [-0.4, -0.2) is 28.7 Å². The normalized spacial score (nSPS) is 10.8. The Morgan fingerprint density at radius 2 is 2.27 bits per heavy atom. The molecule has 0 aromatic heterocycles. The molecule has 0 aromatic rings. The lowest BCUT2D eigenvalue weighted by molar-refractivity contribution is 0.193. The molecule has 0 aromatic carbocycles. The third-order valence-corrected chi connectivity index (χ3v) is 1.51. The summed E-state index contributed by atoms with van der Waals surface area (Å²) in [5.74, 6) is 0. The predicted molar refractivity (Wildman–Crippen MR) is 42.8 cm³/mol. The molecule has 0 bridgehead atoms. The van der Waals surface area contributed by atoms with Crippen molar-refractivity contribution in [2.45, 2.75) is 0 Å². The first-order valence-corrected chi connectivity index (χ1v) is 4.55. The predicted octanol–water partition coefficient (Wildman–Crippen LogP) is -0.853. The first-order chi connectivity index (χ1) is 4.95. The fraction of sp³-hybridized carbons (Fsp3) is 0.667. The Balaban J connectivity index is 3.43. The van der Waals surface area contributed by atoms with E-state index in [1.807, 2.05) is 0 Å². The molecule has 0 aliphatic carbocycles. The summed E-state index contributed by atoms with van der Waals surface area (Å²) in [6.07, 6.45) is 0. The maximum atomic E-state index is 10.1. The Bertz CT molecular complexity index is 180. The van der Waals surface area contributed by atoms with Crippen molar-refractivity contribution in [3.63, 3.8) is 0 Å². The van der Waals surface area contributed by atoms with Crippen LogP contribution in [0.1, 0.15) is 0 Å². The molecule has 66 valence electrons. The quantitative estimate of drug-likeness (QED) is 0.268. The van der Waals surface area contributed by atoms with E-state index < -0.39 is 7.82 Å². The van der Waals surface area contributed by atoms with Gasteiger partial charge in [0.1, 0.15) is 6.73 Å². The summed E-state index contributed by atoms with van der Waals surface area (Å²) in [4.78, 5) is 16.4. The average molecular weight is 200 g/mol. The fourth-order valence-electron chi connectivity index (χ4n) is 0.270. The molecule has 0 saturated heterocycles. The van der Waals surface area contributed by atoms with Gasteiger partial charge in [-0.15, -0.1) is 0 Å². The van der Waals surface area contributed by atoms with E-state index in [0.717, 1.165) is 0 Å². The van der Waals surface area contributed by atoms with Crippen molar-refractivity contribution in [1.29, 1.82) is 0 Å². The highest BCUT2D eigenvalue weighted by Gasteiger charge is 2.12. The standard InChI is InChI=1S/C3H9N2O4PS/c1-4-3(11)5-2-9-10(6,7)8/h2H2,1H3,(H2,4,5,11)(H2,6,7,8). The van der Waals surface area contributed by atoms with Gasteiger partial charge in [0.15, 0.2) is 5.11 Å². The average Bonchev–Trinajstić information content (AvgIpc) is 1.85. The van der Waals surface area contributed by atoms with E-state index in [4.69, 9.17) is 9.79 Å². The molecule has 8 heteroatoms. The van der Waals surface area contributed by atoms with Gasteiger partial charge in [0.05, 0.1) is 0 Å². The van der Waals surface area contributed by atoms with Crippen molar-refractivity contribution in [3.8, 4) is 0 Å². The van der Waals surface area contributed by atoms with Gasteiger partial charge in [0, 0.05) is 7.05 Å². The molecule has 0 fully saturated rings. The zero-order valence-electron chi connectivity index (χ0n) is 5.77. The molecule has 0 unspecified atom stereocenters. The summed E-state index contributed by atoms with van der Waals surface area (Å²) in [6, 6.07) is 0. The Hall–Kier alpha value is -0.200. The van der Waals surface area contributed by atoms with E-state index in [1.165, 1.54) is 0 Å². The zero-order valence-corrected chi connectivity index (χ0v) is 7.48. The number of rotatable bonds is 3. The number of nitrogens with one attached hydrogen (secondary N) is 2. The van der Waals surface area contributed by atoms with Gasteiger partial charge in [0.2, 0.25) is 0 Å². The van der Waals surface area contributed by atoms with E-state index in [9.17, 15) is 4.57 Å². The van der Waals surface area contributed by atoms with Crippen LogP contribution >= 0.6 is 20.0 Å². The van der Waals surface area contributed by atoms with Crippen LogP contribution in [-0.2, 0) is 9.09 Å². The molecule has 0 heterocycles. The van der Waals surface area contributed by atoms with Crippen molar-refractivity contribution < 1.29 is 18.9 Å². The minimum atomic E-state index is -4.38. The fourth-order valence-corrected chi connectivity index (χ4v) is 0.562. The first-order valence-electron chi connectivity index (χ1n) is 2.61. The molecule has 0 spiro atoms. The summed E-state index contributed by atoms with van der Waals surface area (Å²) in [5, 5.41) is 5.20. The van der Waals surface area contributed by atoms with Crippen molar-refractivity contribution in [3.05, 3.63) is 0 Å². The van der Waals surface area contributed by atoms with Crippen molar-refractivity contribution >= 4 is 25.2 Å². The maximum Gasteiger partial charge on any atom is 0.471 e. The van der Waals surface area contributed by atoms with Crippen LogP contribution in [0.3, 0.4) is 0 Å². The van der Waals surface area contributed by atoms with E-state index >= 15 is 0 Å². The molecular weight excluding hydrogens is 191 g/mol. The van der Waals surface area contributed by atoms with Gasteiger partial charge in [0.25, 0.3) is 0 Å². The number of phosphoric acid groups is 1. The van der Waals surface area contributed by atoms with Crippen LogP contribution in [0.5, 0.6) is 0 Å². The van der Waals surface area contributed by atoms with Crippen LogP contribution in [0.25, 0.3) is 0 Å². The van der Waals surface area contributed by atoms with Crippen LogP contribution < -0.4 is 10.6 Å². The van der Waals surface area contributed by atoms with Crippen LogP contribution in [0, 0.1) is 0 Å². The highest BCUT2D eigenvalue weighted by molar-refractivity contribution is 7.80. The molecule has 0 rings (SSSR count). The summed E-state index contributed by atoms with van der Waals surface area (Å²) in [5.41, 5.74) is 0. The largest absolute Gasteiger partial charge is 0.471 e. The molecule has 0 aliphatic heterocycles. The second-order valence-corrected chi connectivity index (χ2v) is 3.17. The Morgan fingerprint density at radius 3 is 2.64 bits per heavy atom. The van der Waals surface area contributed by atoms with Gasteiger partial charge in [-0.05, 0) is 12.2 Å². The van der Waals surface area contributed by atoms with Gasteiger partial charge in [-0.3, -0.25) is 4.52 Å². The first kappa shape index (κ1) is 10.8. The highest BCUT2D eigenvalue weighted by Crippen LogP contribution is 2.34. The number of thiocarbonyl (C=S) groups is 1. The highest BCUT2D eigenvalue weighted by atomic mass is 32.1. The van der Waals surface area contributed by atoms with E-state index in [-0.39, 0.29) is 11.8 Å². The molecule has 0 saturated carbocycles. The Labute approximate surface area is 69.2 Å². The topological polar surface area (TPSA) is 90.8 Å². The zero-order chi connectivity index (χ0) is 8.91. The van der Waals surface area contributed by atoms with Gasteiger partial charge in [-0.25, -0.2) is 4.57 Å². The van der Waals surface area contributed by atoms with Gasteiger partial charge in [-0.1, -0.05) is 0 Å². The summed E-state index contributed by atoms with van der Waals surface area (Å²) in [6.45, 7) is -0.316. The molecule has 0 radical (unpaired) electrons. The molecule has 0 amide bonds. The lowest BCUT2D eigenvalue weighted by Crippen LogP contribution is -2.33. The molecule has 6 nitrogen and oxygen atoms in total. The smallest absolute Gasteiger partial charge is 0.366 e. The van der Waals surface area contributed by atoms with E-state index in [0.29, 0.717) is 0 Å². The summed E-state index contributed by atoms with van der Waals surface area (Å²) in [7, 11) is -2.81. The van der Waals surface area contributed by atoms with E-state index in [2.05, 4.69) is 27.4 Å². The van der Waals surface area contributed by atoms with Gasteiger partial charge < -0.3 is 20.4 Å². The van der Waals surface area contributed by atoms with Crippen molar-refractivity contribution in [2.24, 2.45) is 0 Å². The van der Waals surface area contributed by atoms with Crippen LogP contribution in [0.2, 0.25) is 0 Å². The third kappa shape index (κ3) is 7.70.